The van der Waals surface area contributed by atoms with Crippen LogP contribution in [0.15, 0.2) is 200 Å². The molecule has 1 heterocycles. The molecule has 0 spiro atoms. The van der Waals surface area contributed by atoms with Crippen LogP contribution in [0.3, 0.4) is 0 Å². The highest BCUT2D eigenvalue weighted by atomic mass is 14.8. The van der Waals surface area contributed by atoms with Crippen LogP contribution in [-0.4, -0.2) is 10.7 Å². The summed E-state index contributed by atoms with van der Waals surface area (Å²) in [7, 11) is 0. The molecular weight excluding hydrogens is 689 g/mol. The molecule has 0 saturated heterocycles. The van der Waals surface area contributed by atoms with Crippen molar-refractivity contribution in [1.82, 2.24) is 4.98 Å². The zero-order valence-electron chi connectivity index (χ0n) is 33.3. The van der Waals surface area contributed by atoms with Crippen LogP contribution in [0.4, 0.5) is 0 Å². The lowest BCUT2D eigenvalue weighted by atomic mass is 9.67. The molecule has 57 heavy (non-hydrogen) atoms. The summed E-state index contributed by atoms with van der Waals surface area (Å²) in [6.07, 6.45) is 3.96. The van der Waals surface area contributed by atoms with Gasteiger partial charge in [-0.2, -0.15) is 0 Å². The first-order chi connectivity index (χ1) is 27.8. The van der Waals surface area contributed by atoms with Crippen LogP contribution in [0.2, 0.25) is 0 Å². The van der Waals surface area contributed by atoms with E-state index in [1.807, 2.05) is 24.3 Å². The molecule has 0 saturated carbocycles. The SMILES string of the molecule is C=C/C(=N\C(=C/C(=C)c1ccc(-c2ccc(C(C)C)nc2C(C)C)cc1)c1ccc2c(c1)C(c1ccccc1)(c1ccccc1)c1ccccc1-2)c1ccccc1. The second-order valence-corrected chi connectivity index (χ2v) is 15.5. The Morgan fingerprint density at radius 2 is 1.12 bits per heavy atom. The molecule has 1 aliphatic carbocycles. The normalized spacial score (nSPS) is 13.4. The number of allylic oxidation sites excluding steroid dienone is 3. The maximum Gasteiger partial charge on any atom is 0.0715 e. The van der Waals surface area contributed by atoms with Crippen LogP contribution >= 0.6 is 0 Å². The minimum absolute atomic E-state index is 0.308. The maximum absolute atomic E-state index is 5.38. The van der Waals surface area contributed by atoms with Crippen molar-refractivity contribution >= 4 is 17.0 Å². The summed E-state index contributed by atoms with van der Waals surface area (Å²) in [4.78, 5) is 10.5. The first-order valence-corrected chi connectivity index (χ1v) is 19.9. The second kappa shape index (κ2) is 15.8. The molecule has 0 fully saturated rings. The summed E-state index contributed by atoms with van der Waals surface area (Å²) < 4.78 is 0. The number of pyridine rings is 1. The predicted molar refractivity (Wildman–Crippen MR) is 242 cm³/mol. The smallest absolute Gasteiger partial charge is 0.0715 e. The summed E-state index contributed by atoms with van der Waals surface area (Å²) in [5.74, 6) is 0.687. The van der Waals surface area contributed by atoms with E-state index < -0.39 is 5.41 Å². The second-order valence-electron chi connectivity index (χ2n) is 15.5. The van der Waals surface area contributed by atoms with E-state index in [1.54, 1.807) is 0 Å². The van der Waals surface area contributed by atoms with E-state index in [4.69, 9.17) is 9.98 Å². The summed E-state index contributed by atoms with van der Waals surface area (Å²) in [6.45, 7) is 17.6. The number of aliphatic imine (C=N–C) groups is 1. The highest BCUT2D eigenvalue weighted by molar-refractivity contribution is 6.11. The predicted octanol–water partition coefficient (Wildman–Crippen LogP) is 14.1. The van der Waals surface area contributed by atoms with Crippen molar-refractivity contribution in [3.63, 3.8) is 0 Å². The van der Waals surface area contributed by atoms with Gasteiger partial charge in [0, 0.05) is 22.4 Å². The Balaban J connectivity index is 1.28. The van der Waals surface area contributed by atoms with E-state index in [1.165, 1.54) is 38.9 Å². The van der Waals surface area contributed by atoms with Crippen molar-refractivity contribution in [3.8, 4) is 22.3 Å². The number of benzene rings is 6. The molecule has 0 aliphatic heterocycles. The van der Waals surface area contributed by atoms with Gasteiger partial charge < -0.3 is 0 Å². The van der Waals surface area contributed by atoms with Crippen molar-refractivity contribution in [3.05, 3.63) is 246 Å². The summed E-state index contributed by atoms with van der Waals surface area (Å²) in [5.41, 5.74) is 17.0. The van der Waals surface area contributed by atoms with Gasteiger partial charge in [-0.1, -0.05) is 199 Å². The fourth-order valence-corrected chi connectivity index (χ4v) is 8.36. The standard InChI is InChI=1S/C55H48N2/c1-7-51(42-19-11-8-12-20-42)56-53(35-39(6)40-27-29-41(30-28-40)46-33-34-52(37(2)3)57-54(46)38(4)5)43-31-32-48-47-25-17-18-26-49(47)55(50(48)36-43,44-21-13-9-14-22-44)45-23-15-10-16-24-45/h7-38H,1,6H2,2-5H3/b53-35-,56-51+. The first kappa shape index (κ1) is 37.3. The molecule has 2 nitrogen and oxygen atoms in total. The third kappa shape index (κ3) is 6.93. The molecular formula is C55H48N2. The van der Waals surface area contributed by atoms with Gasteiger partial charge in [0.05, 0.1) is 22.5 Å². The number of nitrogens with zero attached hydrogens (tertiary/aromatic N) is 2. The van der Waals surface area contributed by atoms with Gasteiger partial charge >= 0.3 is 0 Å². The Morgan fingerprint density at radius 3 is 1.74 bits per heavy atom. The first-order valence-electron chi connectivity index (χ1n) is 19.9. The highest BCUT2D eigenvalue weighted by Gasteiger charge is 2.46. The largest absolute Gasteiger partial charge is 0.257 e. The Labute approximate surface area is 338 Å². The lowest BCUT2D eigenvalue weighted by Crippen LogP contribution is -2.28. The third-order valence-corrected chi connectivity index (χ3v) is 11.2. The van der Waals surface area contributed by atoms with E-state index in [2.05, 4.69) is 199 Å². The third-order valence-electron chi connectivity index (χ3n) is 11.2. The van der Waals surface area contributed by atoms with Gasteiger partial charge in [0.15, 0.2) is 0 Å². The van der Waals surface area contributed by atoms with E-state index in [0.717, 1.165) is 50.6 Å². The molecule has 0 atom stereocenters. The number of rotatable bonds is 11. The molecule has 7 aromatic rings. The van der Waals surface area contributed by atoms with Crippen molar-refractivity contribution in [1.29, 1.82) is 0 Å². The van der Waals surface area contributed by atoms with Crippen LogP contribution in [0.5, 0.6) is 0 Å². The van der Waals surface area contributed by atoms with E-state index in [9.17, 15) is 0 Å². The van der Waals surface area contributed by atoms with Crippen molar-refractivity contribution in [2.75, 3.05) is 0 Å². The van der Waals surface area contributed by atoms with Gasteiger partial charge in [0.2, 0.25) is 0 Å². The Kier molecular flexibility index (Phi) is 10.4. The average Bonchev–Trinajstić information content (AvgIpc) is 3.56. The molecule has 1 aromatic heterocycles. The maximum atomic E-state index is 5.38. The number of hydrogen-bond donors (Lipinski definition) is 0. The van der Waals surface area contributed by atoms with Gasteiger partial charge in [-0.05, 0) is 86.2 Å². The lowest BCUT2D eigenvalue weighted by molar-refractivity contribution is 0.767. The van der Waals surface area contributed by atoms with E-state index >= 15 is 0 Å². The monoisotopic (exact) mass is 736 g/mol. The fraction of sp³-hybridized carbons (Fsp3) is 0.127. The van der Waals surface area contributed by atoms with Gasteiger partial charge in [-0.25, -0.2) is 4.99 Å². The van der Waals surface area contributed by atoms with E-state index in [-0.39, 0.29) is 0 Å². The quantitative estimate of drug-likeness (QED) is 0.0959. The number of aromatic nitrogens is 1. The topological polar surface area (TPSA) is 25.2 Å². The highest BCUT2D eigenvalue weighted by Crippen LogP contribution is 2.56. The molecule has 2 heteroatoms. The zero-order chi connectivity index (χ0) is 39.5. The minimum Gasteiger partial charge on any atom is -0.257 e. The molecule has 278 valence electrons. The van der Waals surface area contributed by atoms with Crippen LogP contribution in [0.1, 0.15) is 89.9 Å². The molecule has 1 aliphatic rings. The Bertz CT molecular complexity index is 2590. The van der Waals surface area contributed by atoms with Crippen LogP contribution in [-0.2, 0) is 5.41 Å². The number of hydrogen-bond acceptors (Lipinski definition) is 2. The van der Waals surface area contributed by atoms with Crippen molar-refractivity contribution < 1.29 is 0 Å². The summed E-state index contributed by atoms with van der Waals surface area (Å²) in [5, 5.41) is 0. The molecule has 0 unspecified atom stereocenters. The van der Waals surface area contributed by atoms with Gasteiger partial charge in [-0.15, -0.1) is 0 Å². The molecule has 0 amide bonds. The van der Waals surface area contributed by atoms with Crippen LogP contribution in [0.25, 0.3) is 33.5 Å². The van der Waals surface area contributed by atoms with Gasteiger partial charge in [0.25, 0.3) is 0 Å². The Morgan fingerprint density at radius 1 is 0.561 bits per heavy atom. The van der Waals surface area contributed by atoms with Crippen molar-refractivity contribution in [2.45, 2.75) is 44.9 Å². The fourth-order valence-electron chi connectivity index (χ4n) is 8.36. The van der Waals surface area contributed by atoms with Gasteiger partial charge in [0.1, 0.15) is 0 Å². The summed E-state index contributed by atoms with van der Waals surface area (Å²) >= 11 is 0. The zero-order valence-corrected chi connectivity index (χ0v) is 33.3. The lowest BCUT2D eigenvalue weighted by Gasteiger charge is -2.34. The Hall–Kier alpha value is -6.64. The average molecular weight is 737 g/mol. The summed E-state index contributed by atoms with van der Waals surface area (Å²) in [6, 6.07) is 60.9. The molecule has 6 aromatic carbocycles. The minimum atomic E-state index is -0.524. The number of fused-ring (bicyclic) bond motifs is 3. The van der Waals surface area contributed by atoms with Crippen molar-refractivity contribution in [2.24, 2.45) is 4.99 Å². The molecule has 0 bridgehead atoms. The molecule has 8 rings (SSSR count). The van der Waals surface area contributed by atoms with E-state index in [0.29, 0.717) is 11.8 Å². The van der Waals surface area contributed by atoms with Gasteiger partial charge in [-0.3, -0.25) is 4.98 Å². The van der Waals surface area contributed by atoms with Crippen LogP contribution < -0.4 is 0 Å². The molecule has 0 radical (unpaired) electrons. The van der Waals surface area contributed by atoms with Crippen LogP contribution in [0, 0.1) is 0 Å². The molecule has 0 N–H and O–H groups in total.